The van der Waals surface area contributed by atoms with Crippen molar-refractivity contribution in [3.05, 3.63) is 0 Å². The van der Waals surface area contributed by atoms with Crippen molar-refractivity contribution in [1.29, 1.82) is 0 Å². The number of fused-ring (bicyclic) bond motifs is 1. The van der Waals surface area contributed by atoms with Crippen LogP contribution < -0.4 is 5.32 Å². The maximum Gasteiger partial charge on any atom is -0.00435 e. The molecule has 3 rings (SSSR count). The largest absolute Gasteiger partial charge is 0.317 e. The highest BCUT2D eigenvalue weighted by atomic mass is 14.9. The summed E-state index contributed by atoms with van der Waals surface area (Å²) >= 11 is 0. The molecule has 0 aromatic heterocycles. The minimum atomic E-state index is 0.467. The average Bonchev–Trinajstić information content (AvgIpc) is 2.87. The van der Waals surface area contributed by atoms with Crippen LogP contribution in [0.3, 0.4) is 0 Å². The highest BCUT2D eigenvalue weighted by Crippen LogP contribution is 2.64. The minimum Gasteiger partial charge on any atom is -0.317 e. The first-order valence-electron chi connectivity index (χ1n) is 9.27. The van der Waals surface area contributed by atoms with Gasteiger partial charge in [-0.3, -0.25) is 0 Å². The molecule has 0 amide bonds. The molecule has 21 heavy (non-hydrogen) atoms. The number of rotatable bonds is 0. The van der Waals surface area contributed by atoms with E-state index in [0.717, 1.165) is 17.8 Å². The van der Waals surface area contributed by atoms with Crippen molar-refractivity contribution >= 4 is 0 Å². The molecule has 2 aliphatic carbocycles. The van der Waals surface area contributed by atoms with Gasteiger partial charge in [0.2, 0.25) is 0 Å². The second-order valence-corrected chi connectivity index (χ2v) is 10.2. The summed E-state index contributed by atoms with van der Waals surface area (Å²) in [5.41, 5.74) is 1.63. The molecule has 2 atom stereocenters. The van der Waals surface area contributed by atoms with Gasteiger partial charge in [0.15, 0.2) is 0 Å². The fourth-order valence-electron chi connectivity index (χ4n) is 4.83. The van der Waals surface area contributed by atoms with Crippen molar-refractivity contribution in [3.63, 3.8) is 0 Å². The van der Waals surface area contributed by atoms with E-state index in [1.54, 1.807) is 0 Å². The van der Waals surface area contributed by atoms with Gasteiger partial charge in [0.1, 0.15) is 0 Å². The predicted molar refractivity (Wildman–Crippen MR) is 93.4 cm³/mol. The Morgan fingerprint density at radius 1 is 0.857 bits per heavy atom. The summed E-state index contributed by atoms with van der Waals surface area (Å²) in [6.07, 6.45) is 7.24. The fraction of sp³-hybridized carbons (Fsp3) is 1.00. The van der Waals surface area contributed by atoms with E-state index in [2.05, 4.69) is 53.8 Å². The SMILES string of the molecule is CC(C)(C)C1(C)CCNCC1.CC(C)(C)C1C2CCCC21. The molecule has 0 aromatic carbocycles. The van der Waals surface area contributed by atoms with E-state index in [4.69, 9.17) is 0 Å². The lowest BCUT2D eigenvalue weighted by Gasteiger charge is -2.45. The average molecular weight is 294 g/mol. The molecule has 3 aliphatic rings. The molecule has 0 radical (unpaired) electrons. The van der Waals surface area contributed by atoms with Crippen LogP contribution in [0.25, 0.3) is 0 Å². The van der Waals surface area contributed by atoms with E-state index in [9.17, 15) is 0 Å². The lowest BCUT2D eigenvalue weighted by atomic mass is 9.63. The van der Waals surface area contributed by atoms with Gasteiger partial charge in [-0.25, -0.2) is 0 Å². The molecular weight excluding hydrogens is 254 g/mol. The minimum absolute atomic E-state index is 0.467. The van der Waals surface area contributed by atoms with Crippen molar-refractivity contribution in [3.8, 4) is 0 Å². The first kappa shape index (κ1) is 17.3. The molecule has 3 fully saturated rings. The third-order valence-corrected chi connectivity index (χ3v) is 6.92. The first-order chi connectivity index (χ1) is 9.56. The van der Waals surface area contributed by atoms with Gasteiger partial charge < -0.3 is 5.32 Å². The van der Waals surface area contributed by atoms with Crippen LogP contribution in [0.4, 0.5) is 0 Å². The Morgan fingerprint density at radius 2 is 1.33 bits per heavy atom. The van der Waals surface area contributed by atoms with Gasteiger partial charge in [0.25, 0.3) is 0 Å². The number of hydrogen-bond donors (Lipinski definition) is 1. The zero-order chi connectivity index (χ0) is 15.9. The number of nitrogens with one attached hydrogen (secondary N) is 1. The van der Waals surface area contributed by atoms with Crippen molar-refractivity contribution in [2.45, 2.75) is 80.6 Å². The molecule has 2 unspecified atom stereocenters. The second-order valence-electron chi connectivity index (χ2n) is 10.2. The van der Waals surface area contributed by atoms with E-state index >= 15 is 0 Å². The predicted octanol–water partition coefficient (Wildman–Crippen LogP) is 5.50. The van der Waals surface area contributed by atoms with Gasteiger partial charge in [0, 0.05) is 0 Å². The normalized spacial score (nSPS) is 34.7. The van der Waals surface area contributed by atoms with Crippen molar-refractivity contribution < 1.29 is 0 Å². The second kappa shape index (κ2) is 5.87. The summed E-state index contributed by atoms with van der Waals surface area (Å²) in [5, 5.41) is 3.41. The maximum absolute atomic E-state index is 3.41. The summed E-state index contributed by atoms with van der Waals surface area (Å²) in [6.45, 7) is 19.1. The number of piperidine rings is 1. The molecule has 1 saturated heterocycles. The van der Waals surface area contributed by atoms with Crippen molar-refractivity contribution in [2.24, 2.45) is 34.0 Å². The Morgan fingerprint density at radius 3 is 1.62 bits per heavy atom. The standard InChI is InChI=1S/C10H21N.C10H18/c1-9(2,3)10(4)5-7-11-8-6-10;1-10(2,3)9-7-5-4-6-8(7)9/h11H,5-8H2,1-4H3;7-9H,4-6H2,1-3H3. The Balaban J connectivity index is 0.000000154. The van der Waals surface area contributed by atoms with E-state index < -0.39 is 0 Å². The third-order valence-electron chi connectivity index (χ3n) is 6.92. The van der Waals surface area contributed by atoms with E-state index in [1.807, 2.05) is 0 Å². The summed E-state index contributed by atoms with van der Waals surface area (Å²) in [5.74, 6) is 3.36. The van der Waals surface area contributed by atoms with Crippen LogP contribution in [0.5, 0.6) is 0 Å². The maximum atomic E-state index is 3.41. The van der Waals surface area contributed by atoms with E-state index in [1.165, 1.54) is 45.2 Å². The molecule has 1 nitrogen and oxygen atoms in total. The van der Waals surface area contributed by atoms with Gasteiger partial charge in [-0.15, -0.1) is 0 Å². The Hall–Kier alpha value is -0.0400. The smallest absolute Gasteiger partial charge is 0.00435 e. The molecule has 0 bridgehead atoms. The topological polar surface area (TPSA) is 12.0 Å². The van der Waals surface area contributed by atoms with Crippen LogP contribution in [0.1, 0.15) is 80.6 Å². The van der Waals surface area contributed by atoms with Gasteiger partial charge in [-0.1, -0.05) is 54.9 Å². The Kier molecular flexibility index (Phi) is 4.84. The molecule has 124 valence electrons. The third kappa shape index (κ3) is 3.84. The molecule has 1 aliphatic heterocycles. The lowest BCUT2D eigenvalue weighted by molar-refractivity contribution is 0.0680. The number of hydrogen-bond acceptors (Lipinski definition) is 1. The molecule has 1 heterocycles. The monoisotopic (exact) mass is 293 g/mol. The van der Waals surface area contributed by atoms with Gasteiger partial charge in [0.05, 0.1) is 0 Å². The van der Waals surface area contributed by atoms with Crippen LogP contribution in [0.2, 0.25) is 0 Å². The Bertz CT molecular complexity index is 328. The molecule has 2 saturated carbocycles. The highest BCUT2D eigenvalue weighted by molar-refractivity contribution is 5.05. The first-order valence-corrected chi connectivity index (χ1v) is 9.27. The summed E-state index contributed by atoms with van der Waals surface area (Å²) < 4.78 is 0. The summed E-state index contributed by atoms with van der Waals surface area (Å²) in [7, 11) is 0. The van der Waals surface area contributed by atoms with Crippen LogP contribution in [-0.4, -0.2) is 13.1 Å². The molecule has 0 spiro atoms. The molecular formula is C20H39N. The van der Waals surface area contributed by atoms with Gasteiger partial charge in [-0.2, -0.15) is 0 Å². The Labute approximate surface area is 133 Å². The molecule has 0 aromatic rings. The molecule has 1 heteroatoms. The zero-order valence-corrected chi connectivity index (χ0v) is 15.7. The zero-order valence-electron chi connectivity index (χ0n) is 15.7. The van der Waals surface area contributed by atoms with Crippen molar-refractivity contribution in [1.82, 2.24) is 5.32 Å². The highest BCUT2D eigenvalue weighted by Gasteiger charge is 2.56. The summed E-state index contributed by atoms with van der Waals surface area (Å²) in [6, 6.07) is 0. The van der Waals surface area contributed by atoms with Crippen LogP contribution in [0.15, 0.2) is 0 Å². The van der Waals surface area contributed by atoms with Gasteiger partial charge in [-0.05, 0) is 72.8 Å². The van der Waals surface area contributed by atoms with Crippen LogP contribution >= 0.6 is 0 Å². The van der Waals surface area contributed by atoms with Crippen LogP contribution in [0, 0.1) is 34.0 Å². The van der Waals surface area contributed by atoms with Crippen molar-refractivity contribution in [2.75, 3.05) is 13.1 Å². The van der Waals surface area contributed by atoms with Crippen LogP contribution in [-0.2, 0) is 0 Å². The quantitative estimate of drug-likeness (QED) is 0.622. The van der Waals surface area contributed by atoms with E-state index in [-0.39, 0.29) is 0 Å². The fourth-order valence-corrected chi connectivity index (χ4v) is 4.83. The summed E-state index contributed by atoms with van der Waals surface area (Å²) in [4.78, 5) is 0. The van der Waals surface area contributed by atoms with Gasteiger partial charge >= 0.3 is 0 Å². The molecule has 1 N–H and O–H groups in total. The lowest BCUT2D eigenvalue weighted by Crippen LogP contribution is -2.42. The van der Waals surface area contributed by atoms with E-state index in [0.29, 0.717) is 16.2 Å².